The van der Waals surface area contributed by atoms with Crippen LogP contribution < -0.4 is 9.47 Å². The normalized spacial score (nSPS) is 20.3. The summed E-state index contributed by atoms with van der Waals surface area (Å²) in [5, 5.41) is 0. The van der Waals surface area contributed by atoms with E-state index in [0.717, 1.165) is 48.3 Å². The molecule has 1 heterocycles. The summed E-state index contributed by atoms with van der Waals surface area (Å²) in [7, 11) is 0. The Kier molecular flexibility index (Phi) is 10.7. The molecule has 6 heteroatoms. The first kappa shape index (κ1) is 28.9. The largest absolute Gasteiger partial charge is 0.489 e. The lowest BCUT2D eigenvalue weighted by atomic mass is 9.80. The summed E-state index contributed by atoms with van der Waals surface area (Å²) in [5.74, 6) is 1.80. The average Bonchev–Trinajstić information content (AvgIpc) is 2.98. The molecule has 2 aromatic rings. The first-order valence-corrected chi connectivity index (χ1v) is 14.9. The predicted molar refractivity (Wildman–Crippen MR) is 158 cm³/mol. The minimum Gasteiger partial charge on any atom is -0.489 e. The molecule has 0 radical (unpaired) electrons. The summed E-state index contributed by atoms with van der Waals surface area (Å²) in [6.45, 7) is 13.2. The molecule has 0 fully saturated rings. The minimum atomic E-state index is 0.403. The Hall–Kier alpha value is -2.64. The topological polar surface area (TPSA) is 55.4 Å². The molecule has 5 rings (SSSR count). The van der Waals surface area contributed by atoms with E-state index in [1.54, 1.807) is 0 Å². The minimum absolute atomic E-state index is 0.403. The van der Waals surface area contributed by atoms with Crippen molar-refractivity contribution in [3.63, 3.8) is 0 Å². The van der Waals surface area contributed by atoms with E-state index in [9.17, 15) is 0 Å². The fourth-order valence-corrected chi connectivity index (χ4v) is 5.84. The summed E-state index contributed by atoms with van der Waals surface area (Å²) in [6, 6.07) is 8.82. The standard InChI is InChI=1S/C34H44O6/c1-25-21-37-19-17-35-15-16-36-18-20-38-22-26(2)24-40-32-14-12-28-8-4-6-10-30(28)34(32)33-29-9-5-3-7-27(29)11-13-31(33)39-23-25/h11-14H,1-10,15-24H2. The van der Waals surface area contributed by atoms with Crippen molar-refractivity contribution in [1.82, 2.24) is 0 Å². The summed E-state index contributed by atoms with van der Waals surface area (Å²) in [5.41, 5.74) is 9.87. The summed E-state index contributed by atoms with van der Waals surface area (Å²) in [4.78, 5) is 0. The van der Waals surface area contributed by atoms with Gasteiger partial charge < -0.3 is 28.4 Å². The van der Waals surface area contributed by atoms with Crippen LogP contribution in [-0.2, 0) is 44.6 Å². The molecule has 0 bridgehead atoms. The van der Waals surface area contributed by atoms with Gasteiger partial charge in [-0.2, -0.15) is 0 Å². The molecular weight excluding hydrogens is 504 g/mol. The number of aryl methyl sites for hydroxylation is 2. The second-order valence-electron chi connectivity index (χ2n) is 11.0. The molecule has 0 saturated heterocycles. The maximum absolute atomic E-state index is 6.53. The van der Waals surface area contributed by atoms with E-state index in [1.165, 1.54) is 59.1 Å². The first-order chi connectivity index (χ1) is 19.7. The van der Waals surface area contributed by atoms with Gasteiger partial charge in [0.2, 0.25) is 0 Å². The lowest BCUT2D eigenvalue weighted by Crippen LogP contribution is -2.15. The van der Waals surface area contributed by atoms with E-state index in [1.807, 2.05) is 0 Å². The number of hydrogen-bond acceptors (Lipinski definition) is 6. The van der Waals surface area contributed by atoms with Gasteiger partial charge in [0.25, 0.3) is 0 Å². The van der Waals surface area contributed by atoms with Crippen molar-refractivity contribution in [2.75, 3.05) is 66.1 Å². The lowest BCUT2D eigenvalue weighted by Gasteiger charge is -2.28. The van der Waals surface area contributed by atoms with Crippen LogP contribution in [0.4, 0.5) is 0 Å². The molecule has 0 N–H and O–H groups in total. The Balaban J connectivity index is 1.48. The van der Waals surface area contributed by atoms with Crippen molar-refractivity contribution >= 4 is 0 Å². The Bertz CT molecular complexity index is 1080. The molecule has 40 heavy (non-hydrogen) atoms. The molecule has 0 saturated carbocycles. The third-order valence-electron chi connectivity index (χ3n) is 7.83. The molecule has 1 aliphatic heterocycles. The average molecular weight is 549 g/mol. The second kappa shape index (κ2) is 14.8. The number of fused-ring (bicyclic) bond motifs is 7. The zero-order valence-electron chi connectivity index (χ0n) is 23.9. The highest BCUT2D eigenvalue weighted by molar-refractivity contribution is 5.83. The fourth-order valence-electron chi connectivity index (χ4n) is 5.84. The van der Waals surface area contributed by atoms with Crippen LogP contribution in [0.15, 0.2) is 48.6 Å². The van der Waals surface area contributed by atoms with Crippen molar-refractivity contribution in [2.45, 2.75) is 51.4 Å². The molecule has 2 aliphatic carbocycles. The molecule has 0 spiro atoms. The van der Waals surface area contributed by atoms with E-state index < -0.39 is 0 Å². The number of rotatable bonds is 0. The third-order valence-corrected chi connectivity index (χ3v) is 7.83. The van der Waals surface area contributed by atoms with Crippen molar-refractivity contribution in [3.8, 4) is 22.6 Å². The van der Waals surface area contributed by atoms with Crippen molar-refractivity contribution in [3.05, 3.63) is 70.8 Å². The van der Waals surface area contributed by atoms with Crippen LogP contribution in [0.3, 0.4) is 0 Å². The summed E-state index contributed by atoms with van der Waals surface area (Å²) < 4.78 is 35.8. The van der Waals surface area contributed by atoms with Gasteiger partial charge >= 0.3 is 0 Å². The van der Waals surface area contributed by atoms with Gasteiger partial charge in [0, 0.05) is 11.1 Å². The Morgan fingerprint density at radius 3 is 1.30 bits per heavy atom. The van der Waals surface area contributed by atoms with E-state index in [4.69, 9.17) is 28.4 Å². The van der Waals surface area contributed by atoms with Crippen LogP contribution in [0, 0.1) is 0 Å². The van der Waals surface area contributed by atoms with Crippen molar-refractivity contribution in [1.29, 1.82) is 0 Å². The zero-order valence-corrected chi connectivity index (χ0v) is 23.9. The monoisotopic (exact) mass is 548 g/mol. The molecule has 0 amide bonds. The number of ether oxygens (including phenoxy) is 6. The van der Waals surface area contributed by atoms with E-state index in [2.05, 4.69) is 37.4 Å². The summed E-state index contributed by atoms with van der Waals surface area (Å²) >= 11 is 0. The van der Waals surface area contributed by atoms with Gasteiger partial charge in [-0.05, 0) is 96.9 Å². The van der Waals surface area contributed by atoms with Crippen LogP contribution >= 0.6 is 0 Å². The molecule has 6 nitrogen and oxygen atoms in total. The van der Waals surface area contributed by atoms with Crippen LogP contribution in [0.25, 0.3) is 11.1 Å². The molecule has 216 valence electrons. The molecular formula is C34H44O6. The van der Waals surface area contributed by atoms with Gasteiger partial charge in [0.05, 0.1) is 52.9 Å². The molecule has 0 aromatic heterocycles. The lowest BCUT2D eigenvalue weighted by molar-refractivity contribution is 0.00207. The second-order valence-corrected chi connectivity index (χ2v) is 11.0. The predicted octanol–water partition coefficient (Wildman–Crippen LogP) is 6.06. The Labute approximate surface area is 239 Å². The molecule has 0 atom stereocenters. The SMILES string of the molecule is C=C1COCCOCCOCCOCC(=C)COc2ccc3c(c2-c2c(ccc4c2CCCC4)OC1)CCCC3. The fraction of sp³-hybridized carbons (Fsp3) is 0.529. The van der Waals surface area contributed by atoms with Crippen molar-refractivity contribution < 1.29 is 28.4 Å². The Morgan fingerprint density at radius 2 is 0.850 bits per heavy atom. The van der Waals surface area contributed by atoms with Crippen LogP contribution in [-0.4, -0.2) is 66.1 Å². The van der Waals surface area contributed by atoms with Crippen molar-refractivity contribution in [2.24, 2.45) is 0 Å². The van der Waals surface area contributed by atoms with Gasteiger partial charge in [-0.1, -0.05) is 25.3 Å². The smallest absolute Gasteiger partial charge is 0.128 e. The maximum Gasteiger partial charge on any atom is 0.128 e. The highest BCUT2D eigenvalue weighted by Gasteiger charge is 2.26. The van der Waals surface area contributed by atoms with E-state index in [0.29, 0.717) is 66.1 Å². The number of hydrogen-bond donors (Lipinski definition) is 0. The highest BCUT2D eigenvalue weighted by Crippen LogP contribution is 2.47. The van der Waals surface area contributed by atoms with Crippen LogP contribution in [0.2, 0.25) is 0 Å². The van der Waals surface area contributed by atoms with E-state index >= 15 is 0 Å². The van der Waals surface area contributed by atoms with Gasteiger partial charge in [0.15, 0.2) is 0 Å². The molecule has 2 aromatic carbocycles. The van der Waals surface area contributed by atoms with Gasteiger partial charge in [-0.3, -0.25) is 0 Å². The maximum atomic E-state index is 6.53. The molecule has 0 unspecified atom stereocenters. The van der Waals surface area contributed by atoms with Gasteiger partial charge in [-0.25, -0.2) is 0 Å². The number of benzene rings is 2. The van der Waals surface area contributed by atoms with Gasteiger partial charge in [0.1, 0.15) is 24.7 Å². The quantitative estimate of drug-likeness (QED) is 0.373. The first-order valence-electron chi connectivity index (χ1n) is 14.9. The van der Waals surface area contributed by atoms with E-state index in [-0.39, 0.29) is 0 Å². The van der Waals surface area contributed by atoms with Crippen LogP contribution in [0.1, 0.15) is 47.9 Å². The van der Waals surface area contributed by atoms with Crippen LogP contribution in [0.5, 0.6) is 11.5 Å². The highest BCUT2D eigenvalue weighted by atomic mass is 16.6. The van der Waals surface area contributed by atoms with Gasteiger partial charge in [-0.15, -0.1) is 0 Å². The summed E-state index contributed by atoms with van der Waals surface area (Å²) in [6.07, 6.45) is 9.15. The zero-order chi connectivity index (χ0) is 27.6. The molecule has 3 aliphatic rings. The third kappa shape index (κ3) is 7.55. The Morgan fingerprint density at radius 1 is 0.450 bits per heavy atom.